The lowest BCUT2D eigenvalue weighted by Gasteiger charge is -2.05. The molecular formula is C15H12ClFO. The van der Waals surface area contributed by atoms with Crippen molar-refractivity contribution in [3.05, 3.63) is 70.0 Å². The monoisotopic (exact) mass is 262 g/mol. The van der Waals surface area contributed by atoms with Crippen molar-refractivity contribution in [2.75, 3.05) is 0 Å². The van der Waals surface area contributed by atoms with Gasteiger partial charge in [0.15, 0.2) is 11.6 Å². The number of carbonyl (C=O) groups is 1. The van der Waals surface area contributed by atoms with Crippen LogP contribution in [0.15, 0.2) is 42.5 Å². The van der Waals surface area contributed by atoms with Gasteiger partial charge in [0.1, 0.15) is 0 Å². The molecule has 0 spiro atoms. The Morgan fingerprint density at radius 2 is 1.94 bits per heavy atom. The molecule has 0 radical (unpaired) electrons. The minimum Gasteiger partial charge on any atom is -0.288 e. The van der Waals surface area contributed by atoms with E-state index in [1.54, 1.807) is 24.3 Å². The zero-order chi connectivity index (χ0) is 13.1. The summed E-state index contributed by atoms with van der Waals surface area (Å²) in [7, 11) is 0. The molecule has 0 saturated heterocycles. The van der Waals surface area contributed by atoms with E-state index in [1.807, 2.05) is 13.0 Å². The molecule has 0 N–H and O–H groups in total. The summed E-state index contributed by atoms with van der Waals surface area (Å²) < 4.78 is 13.8. The van der Waals surface area contributed by atoms with E-state index in [0.29, 0.717) is 5.56 Å². The van der Waals surface area contributed by atoms with E-state index in [4.69, 9.17) is 11.6 Å². The molecule has 3 heteroatoms. The van der Waals surface area contributed by atoms with E-state index < -0.39 is 5.82 Å². The van der Waals surface area contributed by atoms with Crippen LogP contribution in [0.4, 0.5) is 4.39 Å². The molecule has 0 aliphatic rings. The van der Waals surface area contributed by atoms with Crippen molar-refractivity contribution in [3.8, 4) is 0 Å². The molecule has 0 bridgehead atoms. The highest BCUT2D eigenvalue weighted by atomic mass is 35.5. The Morgan fingerprint density at radius 3 is 2.67 bits per heavy atom. The fraction of sp³-hybridized carbons (Fsp3) is 0.133. The molecule has 0 heterocycles. The average Bonchev–Trinajstić information content (AvgIpc) is 2.41. The fourth-order valence-corrected chi connectivity index (χ4v) is 1.94. The number of aryl methyl sites for hydroxylation is 1. The molecule has 2 aromatic rings. The van der Waals surface area contributed by atoms with Gasteiger partial charge in [0.25, 0.3) is 0 Å². The van der Waals surface area contributed by atoms with Gasteiger partial charge in [0, 0.05) is 5.56 Å². The molecule has 0 atom stereocenters. The van der Waals surface area contributed by atoms with Gasteiger partial charge in [0.05, 0.1) is 10.6 Å². The normalized spacial score (nSPS) is 10.4. The first-order valence-electron chi connectivity index (χ1n) is 5.71. The minimum absolute atomic E-state index is 0.00996. The Kier molecular flexibility index (Phi) is 3.78. The van der Waals surface area contributed by atoms with Crippen molar-refractivity contribution in [2.45, 2.75) is 13.3 Å². The molecule has 0 saturated carbocycles. The maximum atomic E-state index is 13.8. The number of hydrogen-bond donors (Lipinski definition) is 0. The summed E-state index contributed by atoms with van der Waals surface area (Å²) >= 11 is 5.68. The second kappa shape index (κ2) is 5.32. The molecule has 92 valence electrons. The van der Waals surface area contributed by atoms with Crippen molar-refractivity contribution in [2.24, 2.45) is 0 Å². The molecule has 2 aromatic carbocycles. The number of hydrogen-bond acceptors (Lipinski definition) is 1. The van der Waals surface area contributed by atoms with E-state index >= 15 is 0 Å². The van der Waals surface area contributed by atoms with Crippen molar-refractivity contribution in [1.29, 1.82) is 0 Å². The van der Waals surface area contributed by atoms with Gasteiger partial charge in [-0.1, -0.05) is 42.8 Å². The number of ketones is 1. The molecule has 2 rings (SSSR count). The van der Waals surface area contributed by atoms with E-state index in [-0.39, 0.29) is 16.4 Å². The summed E-state index contributed by atoms with van der Waals surface area (Å²) in [6.45, 7) is 2.00. The quantitative estimate of drug-likeness (QED) is 0.755. The lowest BCUT2D eigenvalue weighted by atomic mass is 10.0. The zero-order valence-electron chi connectivity index (χ0n) is 9.91. The average molecular weight is 263 g/mol. The molecular weight excluding hydrogens is 251 g/mol. The smallest absolute Gasteiger partial charge is 0.196 e. The third kappa shape index (κ3) is 2.44. The first-order valence-corrected chi connectivity index (χ1v) is 6.09. The van der Waals surface area contributed by atoms with Crippen LogP contribution < -0.4 is 0 Å². The number of benzene rings is 2. The summed E-state index contributed by atoms with van der Waals surface area (Å²) in [5.41, 5.74) is 1.54. The van der Waals surface area contributed by atoms with Crippen LogP contribution in [0, 0.1) is 5.82 Å². The highest BCUT2D eigenvalue weighted by molar-refractivity contribution is 6.31. The summed E-state index contributed by atoms with van der Waals surface area (Å²) in [5.74, 6) is -1.00. The molecule has 1 nitrogen and oxygen atoms in total. The Labute approximate surface area is 110 Å². The first kappa shape index (κ1) is 12.8. The number of rotatable bonds is 3. The molecule has 0 aromatic heterocycles. The summed E-state index contributed by atoms with van der Waals surface area (Å²) in [4.78, 5) is 12.2. The van der Waals surface area contributed by atoms with Crippen molar-refractivity contribution in [1.82, 2.24) is 0 Å². The zero-order valence-corrected chi connectivity index (χ0v) is 10.7. The van der Waals surface area contributed by atoms with Gasteiger partial charge in [0.2, 0.25) is 0 Å². The van der Waals surface area contributed by atoms with Crippen LogP contribution in [-0.4, -0.2) is 5.78 Å². The Hall–Kier alpha value is -1.67. The number of carbonyl (C=O) groups excluding carboxylic acids is 1. The van der Waals surface area contributed by atoms with E-state index in [2.05, 4.69) is 0 Å². The highest BCUT2D eigenvalue weighted by Crippen LogP contribution is 2.21. The Balaban J connectivity index is 2.44. The van der Waals surface area contributed by atoms with Crippen molar-refractivity contribution in [3.63, 3.8) is 0 Å². The lowest BCUT2D eigenvalue weighted by Crippen LogP contribution is -2.05. The van der Waals surface area contributed by atoms with Crippen LogP contribution in [0.1, 0.15) is 28.4 Å². The van der Waals surface area contributed by atoms with Crippen molar-refractivity contribution >= 4 is 17.4 Å². The topological polar surface area (TPSA) is 17.1 Å². The van der Waals surface area contributed by atoms with Crippen LogP contribution >= 0.6 is 11.6 Å². The van der Waals surface area contributed by atoms with E-state index in [0.717, 1.165) is 12.0 Å². The Bertz CT molecular complexity index is 593. The SMILES string of the molecule is CCc1cccc(C(=O)c2cccc(Cl)c2F)c1. The fourth-order valence-electron chi connectivity index (χ4n) is 1.77. The molecule has 0 fully saturated rings. The highest BCUT2D eigenvalue weighted by Gasteiger charge is 2.15. The summed E-state index contributed by atoms with van der Waals surface area (Å²) in [6.07, 6.45) is 0.832. The van der Waals surface area contributed by atoms with Crippen LogP contribution in [0.2, 0.25) is 5.02 Å². The molecule has 18 heavy (non-hydrogen) atoms. The second-order valence-electron chi connectivity index (χ2n) is 3.98. The van der Waals surface area contributed by atoms with Gasteiger partial charge in [-0.3, -0.25) is 4.79 Å². The van der Waals surface area contributed by atoms with E-state index in [9.17, 15) is 9.18 Å². The third-order valence-corrected chi connectivity index (χ3v) is 3.09. The van der Waals surface area contributed by atoms with Crippen LogP contribution in [0.3, 0.4) is 0 Å². The predicted molar refractivity (Wildman–Crippen MR) is 70.7 cm³/mol. The van der Waals surface area contributed by atoms with Crippen LogP contribution in [0.25, 0.3) is 0 Å². The lowest BCUT2D eigenvalue weighted by molar-refractivity contribution is 0.103. The predicted octanol–water partition coefficient (Wildman–Crippen LogP) is 4.27. The Morgan fingerprint density at radius 1 is 1.22 bits per heavy atom. The molecule has 0 amide bonds. The van der Waals surface area contributed by atoms with Gasteiger partial charge in [-0.25, -0.2) is 4.39 Å². The molecule has 0 unspecified atom stereocenters. The van der Waals surface area contributed by atoms with E-state index in [1.165, 1.54) is 12.1 Å². The molecule has 0 aliphatic carbocycles. The van der Waals surface area contributed by atoms with Gasteiger partial charge in [-0.05, 0) is 30.2 Å². The van der Waals surface area contributed by atoms with Crippen LogP contribution in [0.5, 0.6) is 0 Å². The van der Waals surface area contributed by atoms with Gasteiger partial charge < -0.3 is 0 Å². The van der Waals surface area contributed by atoms with Crippen LogP contribution in [-0.2, 0) is 6.42 Å². The number of halogens is 2. The maximum Gasteiger partial charge on any atom is 0.196 e. The standard InChI is InChI=1S/C15H12ClFO/c1-2-10-5-3-6-11(9-10)15(18)12-7-4-8-13(16)14(12)17/h3-9H,2H2,1H3. The molecule has 0 aliphatic heterocycles. The largest absolute Gasteiger partial charge is 0.288 e. The summed E-state index contributed by atoms with van der Waals surface area (Å²) in [6, 6.07) is 11.6. The first-order chi connectivity index (χ1) is 8.63. The maximum absolute atomic E-state index is 13.8. The van der Waals surface area contributed by atoms with Gasteiger partial charge in [-0.15, -0.1) is 0 Å². The summed E-state index contributed by atoms with van der Waals surface area (Å²) in [5, 5.41) is -0.0347. The van der Waals surface area contributed by atoms with Gasteiger partial charge in [-0.2, -0.15) is 0 Å². The third-order valence-electron chi connectivity index (χ3n) is 2.79. The van der Waals surface area contributed by atoms with Crippen molar-refractivity contribution < 1.29 is 9.18 Å². The van der Waals surface area contributed by atoms with Gasteiger partial charge >= 0.3 is 0 Å². The minimum atomic E-state index is -0.661. The second-order valence-corrected chi connectivity index (χ2v) is 4.39.